The van der Waals surface area contributed by atoms with Crippen molar-refractivity contribution >= 4 is 17.7 Å². The molecular weight excluding hydrogens is 160 g/mol. The molecule has 57 valence electrons. The molecule has 11 heavy (non-hydrogen) atoms. The van der Waals surface area contributed by atoms with Gasteiger partial charge in [0.25, 0.3) is 0 Å². The largest absolute Gasteiger partial charge is 0.232 e. The molecule has 0 amide bonds. The highest BCUT2D eigenvalue weighted by Crippen LogP contribution is 2.15. The number of halogens is 1. The molecule has 0 saturated carbocycles. The Morgan fingerprint density at radius 2 is 2.09 bits per heavy atom. The van der Waals surface area contributed by atoms with Crippen molar-refractivity contribution in [3.63, 3.8) is 0 Å². The van der Waals surface area contributed by atoms with Gasteiger partial charge in [-0.15, -0.1) is 0 Å². The van der Waals surface area contributed by atoms with E-state index in [1.807, 2.05) is 18.2 Å². The third-order valence-electron chi connectivity index (χ3n) is 1.30. The molecule has 0 aliphatic carbocycles. The van der Waals surface area contributed by atoms with Gasteiger partial charge in [-0.1, -0.05) is 42.0 Å². The van der Waals surface area contributed by atoms with Crippen molar-refractivity contribution in [2.45, 2.75) is 0 Å². The van der Waals surface area contributed by atoms with Crippen molar-refractivity contribution in [3.8, 4) is 0 Å². The summed E-state index contributed by atoms with van der Waals surface area (Å²) in [6.07, 6.45) is 3.27. The minimum atomic E-state index is -0.203. The predicted octanol–water partition coefficient (Wildman–Crippen LogP) is 2.78. The summed E-state index contributed by atoms with van der Waals surface area (Å²) in [6, 6.07) is 7.41. The lowest BCUT2D eigenvalue weighted by atomic mass is 10.2. The van der Waals surface area contributed by atoms with E-state index in [1.165, 1.54) is 0 Å². The molecule has 0 bridgehead atoms. The van der Waals surface area contributed by atoms with E-state index < -0.39 is 0 Å². The highest BCUT2D eigenvalue weighted by Gasteiger charge is 1.91. The first-order chi connectivity index (χ1) is 5.34. The second-order valence-electron chi connectivity index (χ2n) is 2.09. The van der Waals surface area contributed by atoms with Crippen LogP contribution in [0.3, 0.4) is 0 Å². The van der Waals surface area contributed by atoms with E-state index in [4.69, 9.17) is 11.6 Å². The predicted molar refractivity (Wildman–Crippen MR) is 46.0 cm³/mol. The van der Waals surface area contributed by atoms with E-state index >= 15 is 0 Å². The number of hydrogen-bond acceptors (Lipinski definition) is 0. The molecule has 1 nitrogen and oxygen atoms in total. The maximum absolute atomic E-state index is 10.1. The molecule has 1 radical (unpaired) electrons. The zero-order valence-corrected chi connectivity index (χ0v) is 6.71. The molecule has 0 heterocycles. The van der Waals surface area contributed by atoms with Gasteiger partial charge in [-0.25, -0.2) is 5.11 Å². The van der Waals surface area contributed by atoms with Crippen molar-refractivity contribution in [2.75, 3.05) is 6.61 Å². The van der Waals surface area contributed by atoms with E-state index in [1.54, 1.807) is 18.2 Å². The van der Waals surface area contributed by atoms with Crippen LogP contribution in [-0.2, 0) is 5.11 Å². The average molecular weight is 168 g/mol. The molecule has 0 aliphatic heterocycles. The molecule has 0 spiro atoms. The topological polar surface area (TPSA) is 19.9 Å². The zero-order chi connectivity index (χ0) is 8.10. The summed E-state index contributed by atoms with van der Waals surface area (Å²) in [6.45, 7) is -0.203. The molecule has 0 N–H and O–H groups in total. The third kappa shape index (κ3) is 2.37. The van der Waals surface area contributed by atoms with Crippen molar-refractivity contribution in [3.05, 3.63) is 40.9 Å². The average Bonchev–Trinajstić information content (AvgIpc) is 2.03. The Labute approximate surface area is 70.9 Å². The summed E-state index contributed by atoms with van der Waals surface area (Å²) in [5, 5.41) is 10.8. The van der Waals surface area contributed by atoms with Gasteiger partial charge in [-0.2, -0.15) is 0 Å². The molecule has 0 saturated heterocycles. The molecule has 0 atom stereocenters. The zero-order valence-electron chi connectivity index (χ0n) is 5.96. The van der Waals surface area contributed by atoms with Gasteiger partial charge >= 0.3 is 0 Å². The lowest BCUT2D eigenvalue weighted by Gasteiger charge is -1.94. The van der Waals surface area contributed by atoms with Crippen molar-refractivity contribution in [2.24, 2.45) is 0 Å². The van der Waals surface area contributed by atoms with Crippen molar-refractivity contribution < 1.29 is 5.11 Å². The molecule has 0 aromatic heterocycles. The highest BCUT2D eigenvalue weighted by atomic mass is 35.5. The maximum atomic E-state index is 10.1. The molecule has 0 unspecified atom stereocenters. The van der Waals surface area contributed by atoms with E-state index in [2.05, 4.69) is 0 Å². The monoisotopic (exact) mass is 167 g/mol. The van der Waals surface area contributed by atoms with Crippen LogP contribution in [0.4, 0.5) is 0 Å². The normalized spacial score (nSPS) is 10.7. The summed E-state index contributed by atoms with van der Waals surface area (Å²) < 4.78 is 0. The molecular formula is C9H8ClO. The minimum Gasteiger partial charge on any atom is -0.232 e. The highest BCUT2D eigenvalue weighted by molar-refractivity contribution is 6.32. The van der Waals surface area contributed by atoms with Crippen LogP contribution in [0, 0.1) is 0 Å². The number of benzene rings is 1. The standard InChI is InChI=1S/C9H8ClO/c10-9-6-2-1-4-8(9)5-3-7-11/h1-6H,7H2/b5-3+. The molecule has 1 aromatic carbocycles. The van der Waals surface area contributed by atoms with Gasteiger partial charge in [-0.05, 0) is 11.6 Å². The van der Waals surface area contributed by atoms with Crippen LogP contribution in [0.15, 0.2) is 30.3 Å². The molecule has 1 rings (SSSR count). The maximum Gasteiger partial charge on any atom is 0.101 e. The molecule has 0 aliphatic rings. The van der Waals surface area contributed by atoms with Crippen LogP contribution in [0.2, 0.25) is 5.02 Å². The first-order valence-electron chi connectivity index (χ1n) is 3.34. The van der Waals surface area contributed by atoms with Crippen LogP contribution in [0.5, 0.6) is 0 Å². The lowest BCUT2D eigenvalue weighted by Crippen LogP contribution is -1.74. The van der Waals surface area contributed by atoms with Gasteiger partial charge in [-0.3, -0.25) is 0 Å². The summed E-state index contributed by atoms with van der Waals surface area (Å²) in [4.78, 5) is 0. The van der Waals surface area contributed by atoms with Crippen molar-refractivity contribution in [1.29, 1.82) is 0 Å². The molecule has 1 aromatic rings. The lowest BCUT2D eigenvalue weighted by molar-refractivity contribution is 0.233. The minimum absolute atomic E-state index is 0.203. The van der Waals surface area contributed by atoms with Crippen molar-refractivity contribution in [1.82, 2.24) is 0 Å². The molecule has 0 fully saturated rings. The Bertz CT molecular complexity index is 255. The fourth-order valence-electron chi connectivity index (χ4n) is 0.785. The number of hydrogen-bond donors (Lipinski definition) is 0. The summed E-state index contributed by atoms with van der Waals surface area (Å²) in [5.74, 6) is 0. The van der Waals surface area contributed by atoms with E-state index in [-0.39, 0.29) is 6.61 Å². The summed E-state index contributed by atoms with van der Waals surface area (Å²) in [7, 11) is 0. The smallest absolute Gasteiger partial charge is 0.101 e. The Morgan fingerprint density at radius 3 is 2.73 bits per heavy atom. The van der Waals surface area contributed by atoms with Gasteiger partial charge in [0.05, 0.1) is 0 Å². The van der Waals surface area contributed by atoms with Crippen LogP contribution in [-0.4, -0.2) is 6.61 Å². The van der Waals surface area contributed by atoms with Gasteiger partial charge < -0.3 is 0 Å². The second kappa shape index (κ2) is 4.16. The fourth-order valence-corrected chi connectivity index (χ4v) is 0.984. The fraction of sp³-hybridized carbons (Fsp3) is 0.111. The Balaban J connectivity index is 2.86. The van der Waals surface area contributed by atoms with E-state index in [0.717, 1.165) is 5.56 Å². The Kier molecular flexibility index (Phi) is 3.14. The van der Waals surface area contributed by atoms with Gasteiger partial charge in [0.1, 0.15) is 6.61 Å². The van der Waals surface area contributed by atoms with E-state index in [0.29, 0.717) is 5.02 Å². The first kappa shape index (κ1) is 8.31. The van der Waals surface area contributed by atoms with Gasteiger partial charge in [0.2, 0.25) is 0 Å². The van der Waals surface area contributed by atoms with E-state index in [9.17, 15) is 5.11 Å². The quantitative estimate of drug-likeness (QED) is 0.646. The molecule has 2 heteroatoms. The Hall–Kier alpha value is -0.790. The van der Waals surface area contributed by atoms with Gasteiger partial charge in [0.15, 0.2) is 0 Å². The second-order valence-corrected chi connectivity index (χ2v) is 2.50. The summed E-state index contributed by atoms with van der Waals surface area (Å²) in [5.41, 5.74) is 0.894. The van der Waals surface area contributed by atoms with Gasteiger partial charge in [0, 0.05) is 5.02 Å². The van der Waals surface area contributed by atoms with Crippen LogP contribution in [0.25, 0.3) is 6.08 Å². The Morgan fingerprint density at radius 1 is 1.36 bits per heavy atom. The third-order valence-corrected chi connectivity index (χ3v) is 1.64. The van der Waals surface area contributed by atoms with Crippen LogP contribution >= 0.6 is 11.6 Å². The number of rotatable bonds is 2. The summed E-state index contributed by atoms with van der Waals surface area (Å²) >= 11 is 5.81. The SMILES string of the molecule is [O]C/C=C/c1ccccc1Cl. The van der Waals surface area contributed by atoms with Crippen LogP contribution < -0.4 is 0 Å². The first-order valence-corrected chi connectivity index (χ1v) is 3.71. The van der Waals surface area contributed by atoms with Crippen LogP contribution in [0.1, 0.15) is 5.56 Å².